The van der Waals surface area contributed by atoms with Gasteiger partial charge >= 0.3 is 0 Å². The molecule has 1 aromatic heterocycles. The Kier molecular flexibility index (Phi) is 8.71. The van der Waals surface area contributed by atoms with Gasteiger partial charge in [0.25, 0.3) is 0 Å². The predicted octanol–water partition coefficient (Wildman–Crippen LogP) is 5.71. The molecule has 0 radical (unpaired) electrons. The van der Waals surface area contributed by atoms with E-state index in [2.05, 4.69) is 223 Å². The maximum Gasteiger partial charge on any atom is 0.245 e. The Balaban J connectivity index is 1.77. The van der Waals surface area contributed by atoms with Crippen LogP contribution < -0.4 is 35.4 Å². The zero-order valence-electron chi connectivity index (χ0n) is 27.8. The van der Waals surface area contributed by atoms with Gasteiger partial charge in [0.05, 0.1) is 11.9 Å². The molecular weight excluding hydrogens is 631 g/mol. The molecule has 0 unspecified atom stereocenters. The molecule has 0 atom stereocenters. The lowest BCUT2D eigenvalue weighted by atomic mass is 10.3. The molecule has 236 valence electrons. The molecule has 7 rings (SSSR count). The first-order valence-corrected chi connectivity index (χ1v) is 24.0. The third kappa shape index (κ3) is 5.42. The van der Waals surface area contributed by atoms with Crippen LogP contribution >= 0.6 is 0 Å². The summed E-state index contributed by atoms with van der Waals surface area (Å²) in [6.07, 6.45) is 4.52. The van der Waals surface area contributed by atoms with Crippen molar-refractivity contribution < 1.29 is 0 Å². The van der Waals surface area contributed by atoms with E-state index in [-0.39, 0.29) is 0 Å². The monoisotopic (exact) mass is 671 g/mol. The number of hydrogen-bond acceptors (Lipinski definition) is 2. The minimum atomic E-state index is -3.17. The lowest BCUT2D eigenvalue weighted by Crippen LogP contribution is -2.91. The van der Waals surface area contributed by atoms with Gasteiger partial charge in [-0.05, 0) is 50.8 Å². The normalized spacial score (nSPS) is 12.1. The molecule has 0 aliphatic heterocycles. The molecule has 0 saturated heterocycles. The molecule has 48 heavy (non-hydrogen) atoms. The summed E-state index contributed by atoms with van der Waals surface area (Å²) in [6.45, 7) is 7.09. The van der Waals surface area contributed by atoms with Crippen LogP contribution in [0.15, 0.2) is 194 Å². The van der Waals surface area contributed by atoms with E-state index in [1.807, 2.05) is 0 Å². The number of anilines is 1. The Morgan fingerprint density at radius 2 is 0.646 bits per heavy atom. The SMILES string of the molecule is C[Si](C)(C)n1cc(N([Si](c2ccccc2)(c2ccccc2)c2ccccc2)[Si](c2ccccc2)(c2ccccc2)c2ccccc2)cn1. The first kappa shape index (κ1) is 31.6. The smallest absolute Gasteiger partial charge is 0.245 e. The molecule has 0 N–H and O–H groups in total. The summed E-state index contributed by atoms with van der Waals surface area (Å²) in [4.78, 5) is 0. The van der Waals surface area contributed by atoms with Crippen molar-refractivity contribution in [3.63, 3.8) is 0 Å². The first-order chi connectivity index (χ1) is 23.5. The zero-order chi connectivity index (χ0) is 33.0. The van der Waals surface area contributed by atoms with Crippen LogP contribution in [0, 0.1) is 0 Å². The largest absolute Gasteiger partial charge is 0.401 e. The van der Waals surface area contributed by atoms with Crippen LogP contribution in [0.2, 0.25) is 19.6 Å². The molecule has 7 aromatic rings. The zero-order valence-corrected chi connectivity index (χ0v) is 30.8. The van der Waals surface area contributed by atoms with Crippen molar-refractivity contribution in [1.29, 1.82) is 0 Å². The van der Waals surface area contributed by atoms with E-state index in [1.54, 1.807) is 0 Å². The highest BCUT2D eigenvalue weighted by Gasteiger charge is 2.58. The van der Waals surface area contributed by atoms with Gasteiger partial charge in [-0.3, -0.25) is 4.35 Å². The van der Waals surface area contributed by atoms with Gasteiger partial charge in [-0.15, -0.1) is 0 Å². The Morgan fingerprint density at radius 1 is 0.396 bits per heavy atom. The van der Waals surface area contributed by atoms with Crippen LogP contribution in [-0.4, -0.2) is 34.2 Å². The number of aromatic nitrogens is 2. The number of rotatable bonds is 10. The summed E-state index contributed by atoms with van der Waals surface area (Å²) >= 11 is 0. The minimum Gasteiger partial charge on any atom is -0.401 e. The van der Waals surface area contributed by atoms with E-state index in [0.29, 0.717) is 0 Å². The van der Waals surface area contributed by atoms with Crippen LogP contribution in [-0.2, 0) is 0 Å². The summed E-state index contributed by atoms with van der Waals surface area (Å²) < 4.78 is 5.22. The fourth-order valence-electron chi connectivity index (χ4n) is 7.29. The van der Waals surface area contributed by atoms with Gasteiger partial charge in [-0.1, -0.05) is 182 Å². The van der Waals surface area contributed by atoms with Crippen molar-refractivity contribution >= 4 is 61.5 Å². The standard InChI is InChI=1S/C42H41N3Si3/c1-46(2,3)44-35-36(34-43-44)45(47(37-22-10-4-11-23-37,38-24-12-5-13-25-38)39-26-14-6-15-27-39)48(40-28-16-7-17-29-40,41-30-18-8-19-31-41)42-32-20-9-21-33-42/h4-35H,1-3H3. The summed E-state index contributed by atoms with van der Waals surface area (Å²) in [5.74, 6) is 0. The van der Waals surface area contributed by atoms with Gasteiger partial charge in [0.2, 0.25) is 16.5 Å². The molecule has 0 saturated carbocycles. The molecule has 0 fully saturated rings. The van der Waals surface area contributed by atoms with Crippen molar-refractivity contribution in [1.82, 2.24) is 9.45 Å². The van der Waals surface area contributed by atoms with Crippen LogP contribution in [0.3, 0.4) is 0 Å². The molecule has 0 aliphatic rings. The fourth-order valence-corrected chi connectivity index (χ4v) is 21.1. The van der Waals surface area contributed by atoms with Crippen LogP contribution in [0.25, 0.3) is 0 Å². The van der Waals surface area contributed by atoms with Crippen molar-refractivity contribution in [3.05, 3.63) is 194 Å². The molecule has 3 nitrogen and oxygen atoms in total. The van der Waals surface area contributed by atoms with E-state index in [1.165, 1.54) is 31.1 Å². The van der Waals surface area contributed by atoms with Gasteiger partial charge in [-0.25, -0.2) is 0 Å². The van der Waals surface area contributed by atoms with E-state index >= 15 is 0 Å². The third-order valence-corrected chi connectivity index (χ3v) is 21.8. The van der Waals surface area contributed by atoms with Crippen molar-refractivity contribution in [2.45, 2.75) is 19.6 Å². The lowest BCUT2D eigenvalue weighted by molar-refractivity contribution is 0.934. The van der Waals surface area contributed by atoms with Gasteiger partial charge < -0.3 is 4.23 Å². The van der Waals surface area contributed by atoms with E-state index in [9.17, 15) is 0 Å². The second-order valence-corrected chi connectivity index (χ2v) is 25.7. The Morgan fingerprint density at radius 3 is 0.854 bits per heavy atom. The highest BCUT2D eigenvalue weighted by atomic mass is 28.4. The molecule has 0 spiro atoms. The molecular formula is C42H41N3Si3. The molecule has 6 aromatic carbocycles. The summed E-state index contributed by atoms with van der Waals surface area (Å²) in [6, 6.07) is 67.7. The number of nitrogens with zero attached hydrogens (tertiary/aromatic N) is 3. The second kappa shape index (κ2) is 13.2. The van der Waals surface area contributed by atoms with Crippen LogP contribution in [0.5, 0.6) is 0 Å². The van der Waals surface area contributed by atoms with Crippen LogP contribution in [0.1, 0.15) is 0 Å². The Labute approximate surface area is 288 Å². The lowest BCUT2D eigenvalue weighted by Gasteiger charge is -2.55. The quantitative estimate of drug-likeness (QED) is 0.137. The maximum atomic E-state index is 5.18. The van der Waals surface area contributed by atoms with E-state index < -0.39 is 24.7 Å². The summed E-state index contributed by atoms with van der Waals surface area (Å²) in [5, 5.41) is 13.2. The highest BCUT2D eigenvalue weighted by molar-refractivity contribution is 7.29. The average Bonchev–Trinajstić information content (AvgIpc) is 3.65. The third-order valence-electron chi connectivity index (χ3n) is 9.33. The van der Waals surface area contributed by atoms with Gasteiger partial charge in [0, 0.05) is 6.20 Å². The van der Waals surface area contributed by atoms with Crippen molar-refractivity contribution in [2.75, 3.05) is 4.23 Å². The molecule has 0 amide bonds. The molecule has 6 heteroatoms. The summed E-state index contributed by atoms with van der Waals surface area (Å²) in [5.41, 5.74) is 1.16. The van der Waals surface area contributed by atoms with E-state index in [4.69, 9.17) is 5.10 Å². The molecule has 0 aliphatic carbocycles. The molecule has 0 bridgehead atoms. The van der Waals surface area contributed by atoms with Crippen molar-refractivity contribution in [3.8, 4) is 0 Å². The Bertz CT molecular complexity index is 1730. The first-order valence-electron chi connectivity index (χ1n) is 16.7. The van der Waals surface area contributed by atoms with Gasteiger partial charge in [0.1, 0.15) is 0 Å². The number of benzene rings is 6. The minimum absolute atomic E-state index is 1.16. The fraction of sp³-hybridized carbons (Fsp3) is 0.0714. The maximum absolute atomic E-state index is 5.18. The average molecular weight is 672 g/mol. The van der Waals surface area contributed by atoms with E-state index in [0.717, 1.165) is 5.69 Å². The predicted molar refractivity (Wildman–Crippen MR) is 211 cm³/mol. The number of hydrogen-bond donors (Lipinski definition) is 0. The second-order valence-electron chi connectivity index (χ2n) is 13.3. The topological polar surface area (TPSA) is 21.1 Å². The van der Waals surface area contributed by atoms with Crippen molar-refractivity contribution in [2.24, 2.45) is 0 Å². The van der Waals surface area contributed by atoms with Gasteiger partial charge in [0.15, 0.2) is 8.24 Å². The Hall–Kier alpha value is -5.02. The van der Waals surface area contributed by atoms with Crippen LogP contribution in [0.4, 0.5) is 5.69 Å². The molecule has 1 heterocycles. The van der Waals surface area contributed by atoms with Gasteiger partial charge in [-0.2, -0.15) is 5.10 Å². The highest BCUT2D eigenvalue weighted by Crippen LogP contribution is 2.30. The summed E-state index contributed by atoms with van der Waals surface area (Å²) in [7, 11) is -8.18.